The van der Waals surface area contributed by atoms with Crippen molar-refractivity contribution in [3.05, 3.63) is 29.8 Å². The Kier molecular flexibility index (Phi) is 4.83. The minimum absolute atomic E-state index is 0.0747. The molecule has 0 heterocycles. The van der Waals surface area contributed by atoms with Gasteiger partial charge in [-0.3, -0.25) is 4.79 Å². The first-order valence-electron chi connectivity index (χ1n) is 5.63. The van der Waals surface area contributed by atoms with Gasteiger partial charge in [0.15, 0.2) is 6.61 Å². The standard InChI is InChI=1S/C13H19NO2/c1-4-11-6-5-7-12(8-11)16-9-13(15)14-10(2)3/h5-8,10H,4,9H2,1-3H3,(H,14,15). The summed E-state index contributed by atoms with van der Waals surface area (Å²) in [5.41, 5.74) is 1.21. The summed E-state index contributed by atoms with van der Waals surface area (Å²) in [7, 11) is 0. The number of ether oxygens (including phenoxy) is 1. The maximum Gasteiger partial charge on any atom is 0.258 e. The lowest BCUT2D eigenvalue weighted by molar-refractivity contribution is -0.123. The number of nitrogens with one attached hydrogen (secondary N) is 1. The molecule has 1 aromatic carbocycles. The number of benzene rings is 1. The molecule has 0 aliphatic heterocycles. The molecule has 0 radical (unpaired) electrons. The summed E-state index contributed by atoms with van der Waals surface area (Å²) in [6, 6.07) is 7.96. The van der Waals surface area contributed by atoms with E-state index in [-0.39, 0.29) is 18.6 Å². The van der Waals surface area contributed by atoms with E-state index in [0.29, 0.717) is 0 Å². The zero-order valence-electron chi connectivity index (χ0n) is 10.1. The Hall–Kier alpha value is -1.51. The predicted octanol–water partition coefficient (Wildman–Crippen LogP) is 2.15. The van der Waals surface area contributed by atoms with Crippen molar-refractivity contribution in [2.24, 2.45) is 0 Å². The van der Waals surface area contributed by atoms with Crippen LogP contribution in [0.25, 0.3) is 0 Å². The second kappa shape index (κ2) is 6.16. The summed E-state index contributed by atoms with van der Waals surface area (Å²) in [6.45, 7) is 6.02. The van der Waals surface area contributed by atoms with Crippen LogP contribution in [0.15, 0.2) is 24.3 Å². The van der Waals surface area contributed by atoms with Crippen molar-refractivity contribution in [1.82, 2.24) is 5.32 Å². The van der Waals surface area contributed by atoms with Crippen LogP contribution in [0.1, 0.15) is 26.3 Å². The molecule has 3 nitrogen and oxygen atoms in total. The van der Waals surface area contributed by atoms with Crippen molar-refractivity contribution in [2.45, 2.75) is 33.2 Å². The second-order valence-electron chi connectivity index (χ2n) is 4.01. The van der Waals surface area contributed by atoms with E-state index in [2.05, 4.69) is 12.2 Å². The molecule has 0 fully saturated rings. The van der Waals surface area contributed by atoms with E-state index in [1.807, 2.05) is 38.1 Å². The first kappa shape index (κ1) is 12.6. The van der Waals surface area contributed by atoms with Crippen LogP contribution in [0.3, 0.4) is 0 Å². The fourth-order valence-electron chi connectivity index (χ4n) is 1.37. The molecule has 0 aliphatic carbocycles. The van der Waals surface area contributed by atoms with Gasteiger partial charge in [-0.15, -0.1) is 0 Å². The van der Waals surface area contributed by atoms with Gasteiger partial charge in [0.2, 0.25) is 0 Å². The third kappa shape index (κ3) is 4.34. The molecule has 0 aliphatic rings. The first-order valence-corrected chi connectivity index (χ1v) is 5.63. The Morgan fingerprint density at radius 1 is 1.44 bits per heavy atom. The van der Waals surface area contributed by atoms with Crippen molar-refractivity contribution in [2.75, 3.05) is 6.61 Å². The molecular formula is C13H19NO2. The number of rotatable bonds is 5. The van der Waals surface area contributed by atoms with E-state index in [1.54, 1.807) is 0 Å². The van der Waals surface area contributed by atoms with Crippen LogP contribution in [0, 0.1) is 0 Å². The predicted molar refractivity (Wildman–Crippen MR) is 64.6 cm³/mol. The number of carbonyl (C=O) groups is 1. The molecule has 1 aromatic rings. The number of hydrogen-bond donors (Lipinski definition) is 1. The molecular weight excluding hydrogens is 202 g/mol. The average Bonchev–Trinajstić information content (AvgIpc) is 2.26. The van der Waals surface area contributed by atoms with Crippen LogP contribution in [0.5, 0.6) is 5.75 Å². The van der Waals surface area contributed by atoms with Gasteiger partial charge >= 0.3 is 0 Å². The van der Waals surface area contributed by atoms with Crippen molar-refractivity contribution in [3.63, 3.8) is 0 Å². The highest BCUT2D eigenvalue weighted by molar-refractivity contribution is 5.77. The molecule has 0 unspecified atom stereocenters. The summed E-state index contributed by atoms with van der Waals surface area (Å²) >= 11 is 0. The van der Waals surface area contributed by atoms with E-state index >= 15 is 0 Å². The monoisotopic (exact) mass is 221 g/mol. The Bertz CT molecular complexity index is 348. The van der Waals surface area contributed by atoms with Gasteiger partial charge in [-0.05, 0) is 38.0 Å². The SMILES string of the molecule is CCc1cccc(OCC(=O)NC(C)C)c1. The Labute approximate surface area is 96.8 Å². The van der Waals surface area contributed by atoms with E-state index in [9.17, 15) is 4.79 Å². The molecule has 0 spiro atoms. The van der Waals surface area contributed by atoms with E-state index in [1.165, 1.54) is 5.56 Å². The van der Waals surface area contributed by atoms with Gasteiger partial charge in [-0.2, -0.15) is 0 Å². The van der Waals surface area contributed by atoms with Crippen LogP contribution in [-0.2, 0) is 11.2 Å². The van der Waals surface area contributed by atoms with Gasteiger partial charge in [-0.25, -0.2) is 0 Å². The van der Waals surface area contributed by atoms with Crippen LogP contribution in [-0.4, -0.2) is 18.6 Å². The van der Waals surface area contributed by atoms with E-state index in [0.717, 1.165) is 12.2 Å². The van der Waals surface area contributed by atoms with Crippen molar-refractivity contribution in [1.29, 1.82) is 0 Å². The largest absolute Gasteiger partial charge is 0.484 e. The smallest absolute Gasteiger partial charge is 0.258 e. The lowest BCUT2D eigenvalue weighted by Crippen LogP contribution is -2.34. The van der Waals surface area contributed by atoms with Gasteiger partial charge in [0, 0.05) is 6.04 Å². The average molecular weight is 221 g/mol. The second-order valence-corrected chi connectivity index (χ2v) is 4.01. The van der Waals surface area contributed by atoms with Crippen LogP contribution >= 0.6 is 0 Å². The molecule has 1 rings (SSSR count). The third-order valence-corrected chi connectivity index (χ3v) is 2.13. The molecule has 0 aromatic heterocycles. The molecule has 3 heteroatoms. The third-order valence-electron chi connectivity index (χ3n) is 2.13. The summed E-state index contributed by atoms with van der Waals surface area (Å²) < 4.78 is 5.40. The van der Waals surface area contributed by atoms with Crippen molar-refractivity contribution >= 4 is 5.91 Å². The number of aryl methyl sites for hydroxylation is 1. The van der Waals surface area contributed by atoms with Gasteiger partial charge in [0.1, 0.15) is 5.75 Å². The van der Waals surface area contributed by atoms with E-state index in [4.69, 9.17) is 4.74 Å². The summed E-state index contributed by atoms with van der Waals surface area (Å²) in [5, 5.41) is 2.78. The number of hydrogen-bond acceptors (Lipinski definition) is 2. The highest BCUT2D eigenvalue weighted by atomic mass is 16.5. The Balaban J connectivity index is 2.45. The van der Waals surface area contributed by atoms with Crippen LogP contribution in [0.2, 0.25) is 0 Å². The van der Waals surface area contributed by atoms with Gasteiger partial charge in [0.05, 0.1) is 0 Å². The zero-order valence-corrected chi connectivity index (χ0v) is 10.1. The number of amides is 1. The molecule has 1 amide bonds. The van der Waals surface area contributed by atoms with Crippen molar-refractivity contribution < 1.29 is 9.53 Å². The normalized spacial score (nSPS) is 10.2. The lowest BCUT2D eigenvalue weighted by atomic mass is 10.2. The lowest BCUT2D eigenvalue weighted by Gasteiger charge is -2.10. The molecule has 0 bridgehead atoms. The summed E-state index contributed by atoms with van der Waals surface area (Å²) in [4.78, 5) is 11.3. The Morgan fingerprint density at radius 3 is 2.81 bits per heavy atom. The first-order chi connectivity index (χ1) is 7.61. The quantitative estimate of drug-likeness (QED) is 0.827. The summed E-state index contributed by atoms with van der Waals surface area (Å²) in [5.74, 6) is 0.662. The molecule has 88 valence electrons. The molecule has 0 atom stereocenters. The van der Waals surface area contributed by atoms with Crippen molar-refractivity contribution in [3.8, 4) is 5.75 Å². The molecule has 0 saturated heterocycles. The van der Waals surface area contributed by atoms with Gasteiger partial charge in [0.25, 0.3) is 5.91 Å². The number of carbonyl (C=O) groups excluding carboxylic acids is 1. The highest BCUT2D eigenvalue weighted by Gasteiger charge is 2.04. The fraction of sp³-hybridized carbons (Fsp3) is 0.462. The van der Waals surface area contributed by atoms with Crippen LogP contribution in [0.4, 0.5) is 0 Å². The van der Waals surface area contributed by atoms with Gasteiger partial charge < -0.3 is 10.1 Å². The molecule has 1 N–H and O–H groups in total. The molecule has 16 heavy (non-hydrogen) atoms. The minimum Gasteiger partial charge on any atom is -0.484 e. The zero-order chi connectivity index (χ0) is 12.0. The summed E-state index contributed by atoms with van der Waals surface area (Å²) in [6.07, 6.45) is 0.968. The van der Waals surface area contributed by atoms with E-state index < -0.39 is 0 Å². The Morgan fingerprint density at radius 2 is 2.19 bits per heavy atom. The topological polar surface area (TPSA) is 38.3 Å². The minimum atomic E-state index is -0.0862. The van der Waals surface area contributed by atoms with Crippen LogP contribution < -0.4 is 10.1 Å². The maximum absolute atomic E-state index is 11.3. The maximum atomic E-state index is 11.3. The molecule has 0 saturated carbocycles. The van der Waals surface area contributed by atoms with Gasteiger partial charge in [-0.1, -0.05) is 19.1 Å². The highest BCUT2D eigenvalue weighted by Crippen LogP contribution is 2.13. The fourth-order valence-corrected chi connectivity index (χ4v) is 1.37.